The number of piperidine rings is 1. The summed E-state index contributed by atoms with van der Waals surface area (Å²) in [5, 5.41) is 0. The number of halogens is 2. The van der Waals surface area contributed by atoms with Gasteiger partial charge in [0.1, 0.15) is 6.04 Å². The number of ether oxygens (including phenoxy) is 2. The minimum Gasteiger partial charge on any atom is -0.453 e. The Bertz CT molecular complexity index is 382. The van der Waals surface area contributed by atoms with E-state index in [1.54, 1.807) is 0 Å². The van der Waals surface area contributed by atoms with Gasteiger partial charge in [-0.1, -0.05) is 0 Å². The van der Waals surface area contributed by atoms with Crippen molar-refractivity contribution in [2.45, 2.75) is 31.2 Å². The summed E-state index contributed by atoms with van der Waals surface area (Å²) < 4.78 is 35.4. The van der Waals surface area contributed by atoms with Gasteiger partial charge in [0.2, 0.25) is 0 Å². The number of esters is 1. The standard InChI is InChI=1S/C12H18F2N2O4/c1-19-11(18)16-8-20-10(17)9(16)2-5-15-6-3-12(13,14)4-7-15/h9H,2-8H2,1H3/t9-/m0/s1. The molecule has 2 heterocycles. The van der Waals surface area contributed by atoms with Crippen LogP contribution in [0.4, 0.5) is 13.6 Å². The fourth-order valence-corrected chi connectivity index (χ4v) is 2.43. The average molecular weight is 292 g/mol. The normalized spacial score (nSPS) is 26.4. The molecule has 2 saturated heterocycles. The van der Waals surface area contributed by atoms with Gasteiger partial charge in [-0.15, -0.1) is 0 Å². The number of hydrogen-bond acceptors (Lipinski definition) is 5. The zero-order valence-corrected chi connectivity index (χ0v) is 11.3. The summed E-state index contributed by atoms with van der Waals surface area (Å²) in [5.74, 6) is -3.06. The summed E-state index contributed by atoms with van der Waals surface area (Å²) in [6.45, 7) is 0.956. The highest BCUT2D eigenvalue weighted by Crippen LogP contribution is 2.28. The molecule has 0 aromatic carbocycles. The van der Waals surface area contributed by atoms with Gasteiger partial charge in [-0.3, -0.25) is 4.90 Å². The van der Waals surface area contributed by atoms with Crippen LogP contribution in [-0.2, 0) is 14.3 Å². The van der Waals surface area contributed by atoms with Gasteiger partial charge in [-0.25, -0.2) is 18.4 Å². The zero-order chi connectivity index (χ0) is 14.8. The van der Waals surface area contributed by atoms with Gasteiger partial charge >= 0.3 is 12.1 Å². The van der Waals surface area contributed by atoms with Crippen molar-refractivity contribution in [2.24, 2.45) is 0 Å². The summed E-state index contributed by atoms with van der Waals surface area (Å²) in [6, 6.07) is -0.690. The van der Waals surface area contributed by atoms with E-state index >= 15 is 0 Å². The second-order valence-electron chi connectivity index (χ2n) is 5.03. The lowest BCUT2D eigenvalue weighted by Gasteiger charge is -2.32. The van der Waals surface area contributed by atoms with Crippen molar-refractivity contribution in [3.63, 3.8) is 0 Å². The number of likely N-dealkylation sites (tertiary alicyclic amines) is 1. The molecule has 0 aliphatic carbocycles. The van der Waals surface area contributed by atoms with Gasteiger partial charge < -0.3 is 14.4 Å². The van der Waals surface area contributed by atoms with Crippen molar-refractivity contribution in [3.8, 4) is 0 Å². The molecule has 1 atom stereocenters. The molecular weight excluding hydrogens is 274 g/mol. The quantitative estimate of drug-likeness (QED) is 0.728. The molecule has 0 N–H and O–H groups in total. The van der Waals surface area contributed by atoms with Crippen molar-refractivity contribution < 1.29 is 27.8 Å². The first kappa shape index (κ1) is 15.0. The molecule has 1 amide bonds. The van der Waals surface area contributed by atoms with E-state index in [0.29, 0.717) is 26.1 Å². The van der Waals surface area contributed by atoms with Crippen LogP contribution in [0.2, 0.25) is 0 Å². The van der Waals surface area contributed by atoms with E-state index in [4.69, 9.17) is 4.74 Å². The Balaban J connectivity index is 1.83. The van der Waals surface area contributed by atoms with Crippen LogP contribution in [0.15, 0.2) is 0 Å². The molecule has 0 radical (unpaired) electrons. The average Bonchev–Trinajstić information content (AvgIpc) is 2.78. The molecule has 20 heavy (non-hydrogen) atoms. The third-order valence-corrected chi connectivity index (χ3v) is 3.71. The largest absolute Gasteiger partial charge is 0.453 e. The van der Waals surface area contributed by atoms with E-state index in [2.05, 4.69) is 4.74 Å². The summed E-state index contributed by atoms with van der Waals surface area (Å²) in [5.41, 5.74) is 0. The maximum atomic E-state index is 13.0. The van der Waals surface area contributed by atoms with Crippen LogP contribution < -0.4 is 0 Å². The van der Waals surface area contributed by atoms with Crippen LogP contribution in [0.3, 0.4) is 0 Å². The minimum atomic E-state index is -2.58. The van der Waals surface area contributed by atoms with E-state index in [-0.39, 0.29) is 19.6 Å². The first-order chi connectivity index (χ1) is 9.43. The predicted molar refractivity (Wildman–Crippen MR) is 64.2 cm³/mol. The lowest BCUT2D eigenvalue weighted by molar-refractivity contribution is -0.139. The highest BCUT2D eigenvalue weighted by Gasteiger charge is 2.39. The molecular formula is C12H18F2N2O4. The van der Waals surface area contributed by atoms with E-state index in [0.717, 1.165) is 0 Å². The van der Waals surface area contributed by atoms with Gasteiger partial charge in [-0.2, -0.15) is 0 Å². The third kappa shape index (κ3) is 3.36. The van der Waals surface area contributed by atoms with Gasteiger partial charge in [-0.05, 0) is 6.42 Å². The smallest absolute Gasteiger partial charge is 0.412 e. The molecule has 0 spiro atoms. The summed E-state index contributed by atoms with van der Waals surface area (Å²) in [6.07, 6.45) is -0.587. The van der Waals surface area contributed by atoms with Gasteiger partial charge in [0.05, 0.1) is 7.11 Å². The predicted octanol–water partition coefficient (Wildman–Crippen LogP) is 1.06. The number of amides is 1. The van der Waals surface area contributed by atoms with E-state index in [9.17, 15) is 18.4 Å². The minimum absolute atomic E-state index is 0.117. The van der Waals surface area contributed by atoms with Crippen molar-refractivity contribution in [1.29, 1.82) is 0 Å². The molecule has 114 valence electrons. The molecule has 0 aromatic heterocycles. The van der Waals surface area contributed by atoms with Crippen molar-refractivity contribution >= 4 is 12.1 Å². The fraction of sp³-hybridized carbons (Fsp3) is 0.833. The second-order valence-corrected chi connectivity index (χ2v) is 5.03. The van der Waals surface area contributed by atoms with Crippen LogP contribution in [0.25, 0.3) is 0 Å². The van der Waals surface area contributed by atoms with Gasteiger partial charge in [0, 0.05) is 32.5 Å². The van der Waals surface area contributed by atoms with E-state index in [1.165, 1.54) is 12.0 Å². The molecule has 2 aliphatic heterocycles. The molecule has 0 bridgehead atoms. The molecule has 0 unspecified atom stereocenters. The second kappa shape index (κ2) is 5.90. The monoisotopic (exact) mass is 292 g/mol. The van der Waals surface area contributed by atoms with Crippen molar-refractivity contribution in [1.82, 2.24) is 9.80 Å². The third-order valence-electron chi connectivity index (χ3n) is 3.71. The Morgan fingerprint density at radius 2 is 2.10 bits per heavy atom. The molecule has 2 rings (SSSR count). The van der Waals surface area contributed by atoms with E-state index < -0.39 is 24.0 Å². The summed E-state index contributed by atoms with van der Waals surface area (Å²) in [7, 11) is 1.23. The Labute approximate surface area is 115 Å². The highest BCUT2D eigenvalue weighted by atomic mass is 19.3. The number of methoxy groups -OCH3 is 1. The number of rotatable bonds is 3. The summed E-state index contributed by atoms with van der Waals surface area (Å²) >= 11 is 0. The van der Waals surface area contributed by atoms with Crippen LogP contribution in [0, 0.1) is 0 Å². The maximum absolute atomic E-state index is 13.0. The molecule has 2 aliphatic rings. The maximum Gasteiger partial charge on any atom is 0.412 e. The SMILES string of the molecule is COC(=O)N1COC(=O)[C@@H]1CCN1CCC(F)(F)CC1. The highest BCUT2D eigenvalue weighted by molar-refractivity contribution is 5.83. The Morgan fingerprint density at radius 1 is 1.45 bits per heavy atom. The number of alkyl halides is 2. The lowest BCUT2D eigenvalue weighted by Crippen LogP contribution is -2.43. The number of carbonyl (C=O) groups is 2. The van der Waals surface area contributed by atoms with Crippen LogP contribution in [-0.4, -0.2) is 67.3 Å². The molecule has 8 heteroatoms. The van der Waals surface area contributed by atoms with Crippen LogP contribution in [0.1, 0.15) is 19.3 Å². The van der Waals surface area contributed by atoms with Crippen molar-refractivity contribution in [2.75, 3.05) is 33.5 Å². The van der Waals surface area contributed by atoms with Crippen molar-refractivity contribution in [3.05, 3.63) is 0 Å². The molecule has 0 saturated carbocycles. The topological polar surface area (TPSA) is 59.1 Å². The Morgan fingerprint density at radius 3 is 2.70 bits per heavy atom. The zero-order valence-electron chi connectivity index (χ0n) is 11.3. The molecule has 6 nitrogen and oxygen atoms in total. The summed E-state index contributed by atoms with van der Waals surface area (Å²) in [4.78, 5) is 26.1. The van der Waals surface area contributed by atoms with Crippen LogP contribution >= 0.6 is 0 Å². The van der Waals surface area contributed by atoms with Gasteiger partial charge in [0.15, 0.2) is 6.73 Å². The first-order valence-electron chi connectivity index (χ1n) is 6.54. The number of nitrogens with zero attached hydrogens (tertiary/aromatic N) is 2. The van der Waals surface area contributed by atoms with Crippen LogP contribution in [0.5, 0.6) is 0 Å². The first-order valence-corrected chi connectivity index (χ1v) is 6.54. The number of cyclic esters (lactones) is 1. The van der Waals surface area contributed by atoms with Gasteiger partial charge in [0.25, 0.3) is 5.92 Å². The number of hydrogen-bond donors (Lipinski definition) is 0. The lowest BCUT2D eigenvalue weighted by atomic mass is 10.1. The molecule has 2 fully saturated rings. The number of carbonyl (C=O) groups excluding carboxylic acids is 2. The molecule has 0 aromatic rings. The fourth-order valence-electron chi connectivity index (χ4n) is 2.43. The van der Waals surface area contributed by atoms with E-state index in [1.807, 2.05) is 4.90 Å². The Kier molecular flexibility index (Phi) is 4.42. The Hall–Kier alpha value is -1.44.